The Morgan fingerprint density at radius 2 is 1.77 bits per heavy atom. The van der Waals surface area contributed by atoms with Gasteiger partial charge in [0.25, 0.3) is 0 Å². The van der Waals surface area contributed by atoms with Crippen molar-refractivity contribution in [3.05, 3.63) is 46.6 Å². The first kappa shape index (κ1) is 27.7. The maximum Gasteiger partial charge on any atom is 0.224 e. The molecule has 5 aliphatic rings. The quantitative estimate of drug-likeness (QED) is 0.267. The van der Waals surface area contributed by atoms with Crippen LogP contribution in [-0.4, -0.2) is 52.9 Å². The Balaban J connectivity index is 1.06. The highest BCUT2D eigenvalue weighted by atomic mass is 35.5. The molecule has 1 aromatic carbocycles. The summed E-state index contributed by atoms with van der Waals surface area (Å²) in [6.45, 7) is 2.31. The molecular formula is C31H42ClN7O. The monoisotopic (exact) mass is 563 g/mol. The van der Waals surface area contributed by atoms with Gasteiger partial charge in [-0.05, 0) is 92.6 Å². The number of nitrogens with one attached hydrogen (secondary N) is 4. The first-order valence-electron chi connectivity index (χ1n) is 15.1. The first-order chi connectivity index (χ1) is 19.5. The van der Waals surface area contributed by atoms with Gasteiger partial charge in [-0.25, -0.2) is 4.98 Å². The molecule has 0 amide bonds. The molecule has 1 unspecified atom stereocenters. The maximum atomic E-state index is 9.73. The van der Waals surface area contributed by atoms with Crippen molar-refractivity contribution < 1.29 is 5.11 Å². The highest BCUT2D eigenvalue weighted by Crippen LogP contribution is 2.60. The van der Waals surface area contributed by atoms with Crippen LogP contribution in [0.15, 0.2) is 30.5 Å². The molecule has 5 aliphatic carbocycles. The third-order valence-electron chi connectivity index (χ3n) is 10.0. The van der Waals surface area contributed by atoms with E-state index in [0.29, 0.717) is 53.6 Å². The van der Waals surface area contributed by atoms with E-state index in [4.69, 9.17) is 21.7 Å². The summed E-state index contributed by atoms with van der Waals surface area (Å²) in [6, 6.07) is 11.8. The van der Waals surface area contributed by atoms with Crippen molar-refractivity contribution >= 4 is 23.4 Å². The molecular weight excluding hydrogens is 522 g/mol. The molecule has 0 aliphatic heterocycles. The van der Waals surface area contributed by atoms with Gasteiger partial charge in [-0.3, -0.25) is 0 Å². The average molecular weight is 564 g/mol. The van der Waals surface area contributed by atoms with Gasteiger partial charge in [0.05, 0.1) is 12.8 Å². The minimum absolute atomic E-state index is 0.220. The second-order valence-corrected chi connectivity index (χ2v) is 13.2. The molecule has 2 aromatic rings. The molecule has 5 saturated carbocycles. The van der Waals surface area contributed by atoms with Crippen LogP contribution in [0.5, 0.6) is 0 Å². The molecule has 40 heavy (non-hydrogen) atoms. The van der Waals surface area contributed by atoms with Gasteiger partial charge in [0.15, 0.2) is 0 Å². The highest BCUT2D eigenvalue weighted by Gasteiger charge is 2.55. The number of benzene rings is 1. The van der Waals surface area contributed by atoms with Crippen molar-refractivity contribution in [1.82, 2.24) is 20.6 Å². The normalized spacial score (nSPS) is 32.5. The van der Waals surface area contributed by atoms with Gasteiger partial charge in [-0.1, -0.05) is 29.8 Å². The molecule has 214 valence electrons. The molecule has 5 atom stereocenters. The molecule has 7 rings (SSSR count). The number of aliphatic hydroxyl groups excluding tert-OH is 1. The number of hydrogen-bond donors (Lipinski definition) is 5. The van der Waals surface area contributed by atoms with Crippen molar-refractivity contribution in [3.8, 4) is 6.07 Å². The number of nitriles is 1. The fourth-order valence-electron chi connectivity index (χ4n) is 8.46. The Kier molecular flexibility index (Phi) is 8.45. The van der Waals surface area contributed by atoms with E-state index in [1.165, 1.54) is 57.8 Å². The zero-order valence-electron chi connectivity index (χ0n) is 23.2. The zero-order valence-corrected chi connectivity index (χ0v) is 24.0. The third-order valence-corrected chi connectivity index (χ3v) is 10.4. The van der Waals surface area contributed by atoms with Crippen LogP contribution in [0.2, 0.25) is 5.02 Å². The van der Waals surface area contributed by atoms with E-state index in [0.717, 1.165) is 29.9 Å². The van der Waals surface area contributed by atoms with E-state index < -0.39 is 0 Å². The van der Waals surface area contributed by atoms with Gasteiger partial charge < -0.3 is 26.4 Å². The standard InChI is InChI=1S/C31H42ClN7O/c32-27-4-2-1-3-21(27)17-35-30-36-18-24(16-33)29(39-30)37-19-31-13-20-11-22(14-31)28(23(12-20)15-31)38-26-7-5-25(6-8-26)34-9-10-40/h1-4,18,20,22-23,25-26,28,34,38,40H,5-15,17,19H2,(H2,35,36,37,39)/t20?,22-,23+,25-,26+,28-,31+. The Hall–Kier alpha value is -2.44. The Morgan fingerprint density at radius 3 is 2.50 bits per heavy atom. The number of halogens is 1. The van der Waals surface area contributed by atoms with Gasteiger partial charge in [-0.15, -0.1) is 0 Å². The molecule has 9 heteroatoms. The molecule has 1 heterocycles. The van der Waals surface area contributed by atoms with Gasteiger partial charge in [-0.2, -0.15) is 10.2 Å². The molecule has 5 N–H and O–H groups in total. The van der Waals surface area contributed by atoms with E-state index in [1.807, 2.05) is 24.3 Å². The Labute approximate surface area is 242 Å². The summed E-state index contributed by atoms with van der Waals surface area (Å²) in [5.41, 5.74) is 1.75. The molecule has 5 fully saturated rings. The van der Waals surface area contributed by atoms with Gasteiger partial charge in [0.1, 0.15) is 17.5 Å². The van der Waals surface area contributed by atoms with E-state index in [9.17, 15) is 5.26 Å². The van der Waals surface area contributed by atoms with Crippen LogP contribution in [0.3, 0.4) is 0 Å². The lowest BCUT2D eigenvalue weighted by molar-refractivity contribution is -0.0730. The molecule has 0 radical (unpaired) electrons. The molecule has 0 spiro atoms. The third kappa shape index (κ3) is 6.08. The van der Waals surface area contributed by atoms with E-state index in [2.05, 4.69) is 32.3 Å². The van der Waals surface area contributed by atoms with Crippen LogP contribution in [0.4, 0.5) is 11.8 Å². The Morgan fingerprint density at radius 1 is 1.02 bits per heavy atom. The molecule has 0 saturated heterocycles. The van der Waals surface area contributed by atoms with Crippen molar-refractivity contribution in [1.29, 1.82) is 5.26 Å². The summed E-state index contributed by atoms with van der Waals surface area (Å²) < 4.78 is 0. The number of anilines is 2. The van der Waals surface area contributed by atoms with Gasteiger partial charge in [0, 0.05) is 42.8 Å². The second-order valence-electron chi connectivity index (χ2n) is 12.8. The second kappa shape index (κ2) is 12.2. The number of aromatic nitrogens is 2. The van der Waals surface area contributed by atoms with E-state index in [-0.39, 0.29) is 12.0 Å². The number of nitrogens with zero attached hydrogens (tertiary/aromatic N) is 3. The zero-order chi connectivity index (χ0) is 27.5. The van der Waals surface area contributed by atoms with Crippen molar-refractivity contribution in [2.45, 2.75) is 82.5 Å². The summed E-state index contributed by atoms with van der Waals surface area (Å²) >= 11 is 6.31. The van der Waals surface area contributed by atoms with Gasteiger partial charge >= 0.3 is 0 Å². The van der Waals surface area contributed by atoms with Crippen LogP contribution in [0.1, 0.15) is 68.9 Å². The molecule has 4 bridgehead atoms. The summed E-state index contributed by atoms with van der Waals surface area (Å²) in [6.07, 6.45) is 13.0. The molecule has 8 nitrogen and oxygen atoms in total. The lowest BCUT2D eigenvalue weighted by Gasteiger charge is -2.61. The van der Waals surface area contributed by atoms with Crippen molar-refractivity contribution in [3.63, 3.8) is 0 Å². The topological polar surface area (TPSA) is 118 Å². The summed E-state index contributed by atoms with van der Waals surface area (Å²) in [4.78, 5) is 9.06. The van der Waals surface area contributed by atoms with Crippen molar-refractivity contribution in [2.24, 2.45) is 23.2 Å². The van der Waals surface area contributed by atoms with Crippen LogP contribution in [-0.2, 0) is 6.54 Å². The average Bonchev–Trinajstić information content (AvgIpc) is 2.97. The SMILES string of the molecule is N#Cc1cnc(NCc2ccccc2Cl)nc1NC[C@@]12CC3C[C@H](C1)[C@@H](N[C@H]1CC[C@@H](NCCO)CC1)[C@@H](C3)C2. The summed E-state index contributed by atoms with van der Waals surface area (Å²) in [7, 11) is 0. The highest BCUT2D eigenvalue weighted by molar-refractivity contribution is 6.31. The van der Waals surface area contributed by atoms with Crippen LogP contribution < -0.4 is 21.3 Å². The van der Waals surface area contributed by atoms with Crippen molar-refractivity contribution in [2.75, 3.05) is 30.3 Å². The minimum Gasteiger partial charge on any atom is -0.395 e. The van der Waals surface area contributed by atoms with Crippen LogP contribution >= 0.6 is 11.6 Å². The summed E-state index contributed by atoms with van der Waals surface area (Å²) in [5, 5.41) is 34.0. The van der Waals surface area contributed by atoms with Gasteiger partial charge in [0.2, 0.25) is 5.95 Å². The predicted molar refractivity (Wildman–Crippen MR) is 158 cm³/mol. The summed E-state index contributed by atoms with van der Waals surface area (Å²) in [5.74, 6) is 3.43. The number of rotatable bonds is 11. The molecule has 1 aromatic heterocycles. The van der Waals surface area contributed by atoms with E-state index in [1.54, 1.807) is 6.20 Å². The van der Waals surface area contributed by atoms with Crippen LogP contribution in [0.25, 0.3) is 0 Å². The van der Waals surface area contributed by atoms with E-state index >= 15 is 0 Å². The minimum atomic E-state index is 0.220. The lowest BCUT2D eigenvalue weighted by Crippen LogP contribution is -2.61. The number of aliphatic hydroxyl groups is 1. The Bertz CT molecular complexity index is 1190. The van der Waals surface area contributed by atoms with Crippen LogP contribution in [0, 0.1) is 34.5 Å². The number of hydrogen-bond acceptors (Lipinski definition) is 8. The fraction of sp³-hybridized carbons (Fsp3) is 0.645. The predicted octanol–water partition coefficient (Wildman–Crippen LogP) is 4.70. The smallest absolute Gasteiger partial charge is 0.224 e. The lowest BCUT2D eigenvalue weighted by atomic mass is 9.47. The fourth-order valence-corrected chi connectivity index (χ4v) is 8.66. The largest absolute Gasteiger partial charge is 0.395 e. The first-order valence-corrected chi connectivity index (χ1v) is 15.5. The maximum absolute atomic E-state index is 9.73.